The molecule has 1 aromatic carbocycles. The lowest BCUT2D eigenvalue weighted by atomic mass is 10.2. The standard InChI is InChI=1S/C23H33BrN3OP/c1-20-10-15-23(28-20)29(26-16-6-2-3-7-17-26,27-18-8-4-5-9-19-27)25-22-13-11-21(24)12-14-22/h10-15H,2-9,16-19H2,1H3. The molecule has 29 heavy (non-hydrogen) atoms. The van der Waals surface area contributed by atoms with Crippen LogP contribution in [0.5, 0.6) is 0 Å². The van der Waals surface area contributed by atoms with Gasteiger partial charge in [-0.2, -0.15) is 0 Å². The lowest BCUT2D eigenvalue weighted by Gasteiger charge is -2.42. The highest BCUT2D eigenvalue weighted by molar-refractivity contribution is 9.10. The maximum absolute atomic E-state index is 6.40. The molecule has 4 rings (SSSR count). The van der Waals surface area contributed by atoms with Gasteiger partial charge in [0, 0.05) is 30.7 Å². The zero-order valence-electron chi connectivity index (χ0n) is 17.5. The van der Waals surface area contributed by atoms with Crippen molar-refractivity contribution in [2.45, 2.75) is 58.3 Å². The van der Waals surface area contributed by atoms with Gasteiger partial charge in [0.05, 0.1) is 5.69 Å². The van der Waals surface area contributed by atoms with Crippen molar-refractivity contribution in [2.75, 3.05) is 26.2 Å². The van der Waals surface area contributed by atoms with Gasteiger partial charge in [-0.15, -0.1) is 0 Å². The molecule has 0 amide bonds. The molecule has 2 aliphatic rings. The van der Waals surface area contributed by atoms with E-state index in [1.165, 1.54) is 51.4 Å². The van der Waals surface area contributed by atoms with Gasteiger partial charge in [-0.05, 0) is 69.0 Å². The second-order valence-electron chi connectivity index (χ2n) is 8.26. The molecule has 2 fully saturated rings. The van der Waals surface area contributed by atoms with Gasteiger partial charge in [-0.3, -0.25) is 9.34 Å². The second kappa shape index (κ2) is 9.96. The Morgan fingerprint density at radius 1 is 0.759 bits per heavy atom. The number of hydrogen-bond donors (Lipinski definition) is 0. The van der Waals surface area contributed by atoms with Crippen molar-refractivity contribution in [3.8, 4) is 0 Å². The van der Waals surface area contributed by atoms with Crippen LogP contribution in [-0.2, 0) is 0 Å². The highest BCUT2D eigenvalue weighted by Gasteiger charge is 2.39. The molecule has 0 bridgehead atoms. The van der Waals surface area contributed by atoms with Crippen molar-refractivity contribution in [1.82, 2.24) is 9.34 Å². The Kier molecular flexibility index (Phi) is 7.34. The normalized spacial score (nSPS) is 20.2. The van der Waals surface area contributed by atoms with E-state index < -0.39 is 7.36 Å². The molecule has 2 saturated heterocycles. The van der Waals surface area contributed by atoms with E-state index >= 15 is 0 Å². The predicted octanol–water partition coefficient (Wildman–Crippen LogP) is 7.09. The van der Waals surface area contributed by atoms with Gasteiger partial charge in [-0.1, -0.05) is 41.6 Å². The highest BCUT2D eigenvalue weighted by Crippen LogP contribution is 2.59. The Balaban J connectivity index is 1.91. The molecule has 0 unspecified atom stereocenters. The lowest BCUT2D eigenvalue weighted by Crippen LogP contribution is -2.38. The van der Waals surface area contributed by atoms with Crippen molar-refractivity contribution < 1.29 is 4.42 Å². The Morgan fingerprint density at radius 2 is 1.28 bits per heavy atom. The molecule has 4 nitrogen and oxygen atoms in total. The third-order valence-electron chi connectivity index (χ3n) is 6.06. The molecular formula is C23H33BrN3OP. The third-order valence-corrected chi connectivity index (χ3v) is 10.3. The summed E-state index contributed by atoms with van der Waals surface area (Å²) in [5, 5.41) is 0. The van der Waals surface area contributed by atoms with Crippen molar-refractivity contribution in [3.05, 3.63) is 46.6 Å². The van der Waals surface area contributed by atoms with Gasteiger partial charge in [0.2, 0.25) is 0 Å². The van der Waals surface area contributed by atoms with Crippen LogP contribution in [0.2, 0.25) is 0 Å². The number of nitrogens with zero attached hydrogens (tertiary/aromatic N) is 3. The minimum atomic E-state index is -2.16. The second-order valence-corrected chi connectivity index (χ2v) is 12.1. The molecular weight excluding hydrogens is 445 g/mol. The fraction of sp³-hybridized carbons (Fsp3) is 0.565. The molecule has 0 atom stereocenters. The van der Waals surface area contributed by atoms with Gasteiger partial charge in [0.15, 0.2) is 12.9 Å². The zero-order chi connectivity index (χ0) is 20.1. The fourth-order valence-corrected chi connectivity index (χ4v) is 8.76. The van der Waals surface area contributed by atoms with Gasteiger partial charge in [-0.25, -0.2) is 4.74 Å². The monoisotopic (exact) mass is 477 g/mol. The molecule has 0 spiro atoms. The average molecular weight is 478 g/mol. The molecule has 158 valence electrons. The first-order chi connectivity index (χ1) is 14.2. The van der Waals surface area contributed by atoms with E-state index in [4.69, 9.17) is 9.16 Å². The van der Waals surface area contributed by atoms with E-state index in [9.17, 15) is 0 Å². The van der Waals surface area contributed by atoms with E-state index in [1.54, 1.807) is 0 Å². The molecule has 6 heteroatoms. The quantitative estimate of drug-likeness (QED) is 0.440. The van der Waals surface area contributed by atoms with Gasteiger partial charge in [0.1, 0.15) is 5.76 Å². The van der Waals surface area contributed by atoms with Crippen LogP contribution in [-0.4, -0.2) is 35.5 Å². The Bertz CT molecular complexity index is 808. The summed E-state index contributed by atoms with van der Waals surface area (Å²) in [6.45, 7) is 6.52. The molecule has 0 aliphatic carbocycles. The molecule has 2 aromatic rings. The number of hydrogen-bond acceptors (Lipinski definition) is 2. The molecule has 0 N–H and O–H groups in total. The number of rotatable bonds is 4. The van der Waals surface area contributed by atoms with Gasteiger partial charge < -0.3 is 4.42 Å². The number of aryl methyl sites for hydroxylation is 1. The molecule has 0 radical (unpaired) electrons. The van der Waals surface area contributed by atoms with Crippen LogP contribution in [0.4, 0.5) is 5.69 Å². The van der Waals surface area contributed by atoms with E-state index in [0.29, 0.717) is 0 Å². The molecule has 0 saturated carbocycles. The van der Waals surface area contributed by atoms with Crippen LogP contribution < -0.4 is 5.50 Å². The van der Waals surface area contributed by atoms with Crippen molar-refractivity contribution in [1.29, 1.82) is 0 Å². The van der Waals surface area contributed by atoms with Crippen molar-refractivity contribution >= 4 is 34.5 Å². The number of halogens is 1. The first-order valence-electron chi connectivity index (χ1n) is 11.1. The smallest absolute Gasteiger partial charge is 0.172 e. The average Bonchev–Trinajstić information content (AvgIpc) is 2.96. The molecule has 2 aliphatic heterocycles. The minimum absolute atomic E-state index is 0.986. The van der Waals surface area contributed by atoms with E-state index in [1.807, 2.05) is 0 Å². The van der Waals surface area contributed by atoms with Crippen LogP contribution in [0.3, 0.4) is 0 Å². The van der Waals surface area contributed by atoms with E-state index in [2.05, 4.69) is 68.6 Å². The summed E-state index contributed by atoms with van der Waals surface area (Å²) in [5.41, 5.74) is 2.14. The highest BCUT2D eigenvalue weighted by atomic mass is 79.9. The molecule has 3 heterocycles. The topological polar surface area (TPSA) is 32.0 Å². The first kappa shape index (κ1) is 21.4. The number of furan rings is 1. The van der Waals surface area contributed by atoms with Crippen LogP contribution in [0.25, 0.3) is 0 Å². The summed E-state index contributed by atoms with van der Waals surface area (Å²) in [5.74, 6) is 0.986. The summed E-state index contributed by atoms with van der Waals surface area (Å²) < 4.78 is 18.5. The number of benzene rings is 1. The summed E-state index contributed by atoms with van der Waals surface area (Å²) in [7, 11) is -2.16. The van der Waals surface area contributed by atoms with Crippen LogP contribution >= 0.6 is 23.3 Å². The van der Waals surface area contributed by atoms with Crippen LogP contribution in [0, 0.1) is 6.92 Å². The van der Waals surface area contributed by atoms with Crippen LogP contribution in [0.1, 0.15) is 57.1 Å². The Morgan fingerprint density at radius 3 is 1.72 bits per heavy atom. The predicted molar refractivity (Wildman–Crippen MR) is 126 cm³/mol. The minimum Gasteiger partial charge on any atom is -0.457 e. The Labute approximate surface area is 184 Å². The third kappa shape index (κ3) is 4.90. The van der Waals surface area contributed by atoms with Gasteiger partial charge >= 0.3 is 0 Å². The lowest BCUT2D eigenvalue weighted by molar-refractivity contribution is 0.386. The van der Waals surface area contributed by atoms with E-state index in [0.717, 1.165) is 47.6 Å². The first-order valence-corrected chi connectivity index (χ1v) is 13.6. The Hall–Kier alpha value is -0.870. The van der Waals surface area contributed by atoms with Crippen LogP contribution in [0.15, 0.2) is 50.0 Å². The summed E-state index contributed by atoms with van der Waals surface area (Å²) >= 11 is 3.58. The molecule has 1 aromatic heterocycles. The summed E-state index contributed by atoms with van der Waals surface area (Å²) in [4.78, 5) is 0. The van der Waals surface area contributed by atoms with Crippen molar-refractivity contribution in [2.24, 2.45) is 4.74 Å². The van der Waals surface area contributed by atoms with E-state index in [-0.39, 0.29) is 0 Å². The summed E-state index contributed by atoms with van der Waals surface area (Å²) in [6, 6.07) is 12.8. The summed E-state index contributed by atoms with van der Waals surface area (Å²) in [6.07, 6.45) is 10.3. The fourth-order valence-electron chi connectivity index (χ4n) is 4.55. The maximum Gasteiger partial charge on any atom is 0.172 e. The maximum atomic E-state index is 6.40. The zero-order valence-corrected chi connectivity index (χ0v) is 20.0. The van der Waals surface area contributed by atoms with Gasteiger partial charge in [0.25, 0.3) is 0 Å². The van der Waals surface area contributed by atoms with Crippen molar-refractivity contribution in [3.63, 3.8) is 0 Å². The largest absolute Gasteiger partial charge is 0.457 e. The SMILES string of the molecule is Cc1ccc(P(=Nc2ccc(Br)cc2)(N2CCCCCC2)N2CCCCCC2)o1.